The molecule has 3 nitrogen and oxygen atoms in total. The standard InChI is InChI=1S/C18H20FNO2/c1-13(15-6-4-7-16(19)11-15)9-18(22)20(2)12-14-5-3-8-17(21)10-14/h3-8,10-11,13,21H,9,12H2,1-2H3/t13-/m1/s1. The number of halogens is 1. The van der Waals surface area contributed by atoms with Crippen molar-refractivity contribution in [3.63, 3.8) is 0 Å². The van der Waals surface area contributed by atoms with Crippen LogP contribution < -0.4 is 0 Å². The van der Waals surface area contributed by atoms with Crippen LogP contribution in [-0.2, 0) is 11.3 Å². The molecule has 4 heteroatoms. The van der Waals surface area contributed by atoms with Crippen LogP contribution >= 0.6 is 0 Å². The highest BCUT2D eigenvalue weighted by atomic mass is 19.1. The maximum atomic E-state index is 13.2. The molecule has 0 aliphatic carbocycles. The highest BCUT2D eigenvalue weighted by Gasteiger charge is 2.15. The van der Waals surface area contributed by atoms with Crippen molar-refractivity contribution in [3.8, 4) is 5.75 Å². The van der Waals surface area contributed by atoms with Gasteiger partial charge in [0.1, 0.15) is 11.6 Å². The first-order valence-electron chi connectivity index (χ1n) is 7.23. The van der Waals surface area contributed by atoms with Crippen molar-refractivity contribution < 1.29 is 14.3 Å². The average Bonchev–Trinajstić information content (AvgIpc) is 2.47. The van der Waals surface area contributed by atoms with Gasteiger partial charge in [-0.1, -0.05) is 31.2 Å². The molecule has 2 aromatic rings. The molecule has 0 spiro atoms. The summed E-state index contributed by atoms with van der Waals surface area (Å²) in [6.45, 7) is 2.35. The summed E-state index contributed by atoms with van der Waals surface area (Å²) >= 11 is 0. The first kappa shape index (κ1) is 16.0. The Labute approximate surface area is 130 Å². The molecule has 0 radical (unpaired) electrons. The Morgan fingerprint density at radius 2 is 1.95 bits per heavy atom. The zero-order valence-corrected chi connectivity index (χ0v) is 12.8. The third kappa shape index (κ3) is 4.32. The summed E-state index contributed by atoms with van der Waals surface area (Å²) in [5, 5.41) is 9.45. The van der Waals surface area contributed by atoms with Gasteiger partial charge >= 0.3 is 0 Å². The lowest BCUT2D eigenvalue weighted by molar-refractivity contribution is -0.130. The van der Waals surface area contributed by atoms with Gasteiger partial charge < -0.3 is 10.0 Å². The first-order valence-corrected chi connectivity index (χ1v) is 7.23. The second kappa shape index (κ2) is 7.07. The molecule has 0 saturated carbocycles. The Morgan fingerprint density at radius 3 is 2.64 bits per heavy atom. The Balaban J connectivity index is 1.96. The Bertz CT molecular complexity index is 657. The molecule has 0 heterocycles. The second-order valence-corrected chi connectivity index (χ2v) is 5.58. The number of aromatic hydroxyl groups is 1. The normalized spacial score (nSPS) is 12.0. The molecular formula is C18H20FNO2. The van der Waals surface area contributed by atoms with Crippen molar-refractivity contribution in [1.82, 2.24) is 4.90 Å². The summed E-state index contributed by atoms with van der Waals surface area (Å²) in [6.07, 6.45) is 0.318. The van der Waals surface area contributed by atoms with Gasteiger partial charge in [-0.3, -0.25) is 4.79 Å². The topological polar surface area (TPSA) is 40.5 Å². The van der Waals surface area contributed by atoms with Crippen molar-refractivity contribution in [1.29, 1.82) is 0 Å². The molecule has 0 fully saturated rings. The molecule has 0 bridgehead atoms. The number of amides is 1. The zero-order valence-electron chi connectivity index (χ0n) is 12.8. The number of carbonyl (C=O) groups excluding carboxylic acids is 1. The fourth-order valence-corrected chi connectivity index (χ4v) is 2.37. The fourth-order valence-electron chi connectivity index (χ4n) is 2.37. The minimum absolute atomic E-state index is 0.0138. The highest BCUT2D eigenvalue weighted by Crippen LogP contribution is 2.21. The van der Waals surface area contributed by atoms with Crippen molar-refractivity contribution in [3.05, 3.63) is 65.5 Å². The van der Waals surface area contributed by atoms with Crippen LogP contribution in [0.3, 0.4) is 0 Å². The smallest absolute Gasteiger partial charge is 0.223 e. The molecule has 1 N–H and O–H groups in total. The first-order chi connectivity index (χ1) is 10.5. The number of benzene rings is 2. The maximum absolute atomic E-state index is 13.2. The predicted molar refractivity (Wildman–Crippen MR) is 84.0 cm³/mol. The van der Waals surface area contributed by atoms with E-state index in [0.29, 0.717) is 13.0 Å². The summed E-state index contributed by atoms with van der Waals surface area (Å²) in [7, 11) is 1.73. The maximum Gasteiger partial charge on any atom is 0.223 e. The van der Waals surface area contributed by atoms with Crippen LogP contribution in [0.25, 0.3) is 0 Å². The van der Waals surface area contributed by atoms with Crippen molar-refractivity contribution in [2.24, 2.45) is 0 Å². The number of hydrogen-bond donors (Lipinski definition) is 1. The van der Waals surface area contributed by atoms with Gasteiger partial charge in [-0.2, -0.15) is 0 Å². The minimum Gasteiger partial charge on any atom is -0.508 e. The number of hydrogen-bond acceptors (Lipinski definition) is 2. The quantitative estimate of drug-likeness (QED) is 0.915. The monoisotopic (exact) mass is 301 g/mol. The van der Waals surface area contributed by atoms with E-state index in [-0.39, 0.29) is 23.4 Å². The lowest BCUT2D eigenvalue weighted by atomic mass is 9.97. The molecular weight excluding hydrogens is 281 g/mol. The van der Waals surface area contributed by atoms with Gasteiger partial charge in [-0.15, -0.1) is 0 Å². The molecule has 116 valence electrons. The minimum atomic E-state index is -0.287. The van der Waals surface area contributed by atoms with E-state index in [1.165, 1.54) is 12.1 Å². The molecule has 1 atom stereocenters. The van der Waals surface area contributed by atoms with E-state index >= 15 is 0 Å². The van der Waals surface area contributed by atoms with E-state index in [4.69, 9.17) is 0 Å². The van der Waals surface area contributed by atoms with Crippen molar-refractivity contribution >= 4 is 5.91 Å². The molecule has 0 aliphatic heterocycles. The molecule has 0 aliphatic rings. The summed E-state index contributed by atoms with van der Waals surface area (Å²) in [6, 6.07) is 13.2. The van der Waals surface area contributed by atoms with E-state index in [9.17, 15) is 14.3 Å². The van der Waals surface area contributed by atoms with Crippen LogP contribution in [0.4, 0.5) is 4.39 Å². The summed E-state index contributed by atoms with van der Waals surface area (Å²) in [5.41, 5.74) is 1.69. The van der Waals surface area contributed by atoms with Gasteiger partial charge in [0, 0.05) is 20.0 Å². The number of rotatable bonds is 5. The van der Waals surface area contributed by atoms with Gasteiger partial charge in [-0.25, -0.2) is 4.39 Å². The van der Waals surface area contributed by atoms with E-state index in [2.05, 4.69) is 0 Å². The van der Waals surface area contributed by atoms with Gasteiger partial charge in [0.2, 0.25) is 5.91 Å². The Morgan fingerprint density at radius 1 is 1.23 bits per heavy atom. The van der Waals surface area contributed by atoms with Crippen LogP contribution in [0, 0.1) is 5.82 Å². The largest absolute Gasteiger partial charge is 0.508 e. The predicted octanol–water partition coefficient (Wildman–Crippen LogP) is 3.68. The molecule has 2 aromatic carbocycles. The molecule has 1 amide bonds. The van der Waals surface area contributed by atoms with E-state index < -0.39 is 0 Å². The second-order valence-electron chi connectivity index (χ2n) is 5.58. The van der Waals surface area contributed by atoms with Gasteiger partial charge in [0.05, 0.1) is 0 Å². The lowest BCUT2D eigenvalue weighted by Gasteiger charge is -2.20. The van der Waals surface area contributed by atoms with Gasteiger partial charge in [0.25, 0.3) is 0 Å². The fraction of sp³-hybridized carbons (Fsp3) is 0.278. The third-order valence-electron chi connectivity index (χ3n) is 3.65. The number of phenols is 1. The van der Waals surface area contributed by atoms with Gasteiger partial charge in [-0.05, 0) is 41.3 Å². The molecule has 0 unspecified atom stereocenters. The van der Waals surface area contributed by atoms with Crippen molar-refractivity contribution in [2.45, 2.75) is 25.8 Å². The van der Waals surface area contributed by atoms with Crippen LogP contribution in [0.5, 0.6) is 5.75 Å². The average molecular weight is 301 g/mol. The van der Waals surface area contributed by atoms with Crippen LogP contribution in [-0.4, -0.2) is 23.0 Å². The summed E-state index contributed by atoms with van der Waals surface area (Å²) in [4.78, 5) is 13.9. The highest BCUT2D eigenvalue weighted by molar-refractivity contribution is 5.76. The van der Waals surface area contributed by atoms with Crippen molar-refractivity contribution in [2.75, 3.05) is 7.05 Å². The lowest BCUT2D eigenvalue weighted by Crippen LogP contribution is -2.27. The van der Waals surface area contributed by atoms with Gasteiger partial charge in [0.15, 0.2) is 0 Å². The van der Waals surface area contributed by atoms with Crippen LogP contribution in [0.1, 0.15) is 30.4 Å². The molecule has 0 aromatic heterocycles. The third-order valence-corrected chi connectivity index (χ3v) is 3.65. The van der Waals surface area contributed by atoms with E-state index in [1.54, 1.807) is 36.2 Å². The van der Waals surface area contributed by atoms with E-state index in [1.807, 2.05) is 19.1 Å². The molecule has 2 rings (SSSR count). The molecule has 22 heavy (non-hydrogen) atoms. The SMILES string of the molecule is C[C@H](CC(=O)N(C)Cc1cccc(O)c1)c1cccc(F)c1. The molecule has 0 saturated heterocycles. The number of nitrogens with zero attached hydrogens (tertiary/aromatic N) is 1. The van der Waals surface area contributed by atoms with E-state index in [0.717, 1.165) is 11.1 Å². The summed E-state index contributed by atoms with van der Waals surface area (Å²) in [5.74, 6) is -0.161. The summed E-state index contributed by atoms with van der Waals surface area (Å²) < 4.78 is 13.2. The Hall–Kier alpha value is -2.36. The van der Waals surface area contributed by atoms with Crippen LogP contribution in [0.2, 0.25) is 0 Å². The Kier molecular flexibility index (Phi) is 5.15. The zero-order chi connectivity index (χ0) is 16.1. The number of carbonyl (C=O) groups is 1. The number of phenolic OH excluding ortho intramolecular Hbond substituents is 1. The van der Waals surface area contributed by atoms with Crippen LogP contribution in [0.15, 0.2) is 48.5 Å².